The molecule has 2 atom stereocenters. The molecular weight excluding hydrogens is 138 g/mol. The van der Waals surface area contributed by atoms with Gasteiger partial charge in [0.05, 0.1) is 6.10 Å². The molecule has 0 aromatic carbocycles. The number of likely N-dealkylation sites (tertiary alicyclic amines) is 1. The molecule has 0 bridgehead atoms. The molecule has 66 valence electrons. The van der Waals surface area contributed by atoms with Gasteiger partial charge in [-0.1, -0.05) is 6.92 Å². The van der Waals surface area contributed by atoms with Gasteiger partial charge >= 0.3 is 0 Å². The molecule has 1 rings (SSSR count). The summed E-state index contributed by atoms with van der Waals surface area (Å²) in [5, 5.41) is 9.18. The van der Waals surface area contributed by atoms with E-state index < -0.39 is 0 Å². The fraction of sp³-hybridized carbons (Fsp3) is 1.00. The zero-order valence-electron chi connectivity index (χ0n) is 7.58. The molecule has 0 aromatic heterocycles. The number of aliphatic hydroxyl groups is 1. The van der Waals surface area contributed by atoms with Crippen LogP contribution in [0.1, 0.15) is 33.1 Å². The topological polar surface area (TPSA) is 23.5 Å². The van der Waals surface area contributed by atoms with E-state index in [2.05, 4.69) is 11.8 Å². The molecule has 0 radical (unpaired) electrons. The van der Waals surface area contributed by atoms with E-state index in [4.69, 9.17) is 0 Å². The molecule has 0 spiro atoms. The molecule has 1 aliphatic heterocycles. The van der Waals surface area contributed by atoms with Crippen LogP contribution in [0.4, 0.5) is 0 Å². The third-order valence-corrected chi connectivity index (χ3v) is 2.47. The van der Waals surface area contributed by atoms with Crippen molar-refractivity contribution in [1.82, 2.24) is 4.90 Å². The summed E-state index contributed by atoms with van der Waals surface area (Å²) < 4.78 is 0. The van der Waals surface area contributed by atoms with Crippen molar-refractivity contribution in [2.45, 2.75) is 45.3 Å². The van der Waals surface area contributed by atoms with Crippen molar-refractivity contribution in [1.29, 1.82) is 0 Å². The van der Waals surface area contributed by atoms with Crippen LogP contribution in [0.5, 0.6) is 0 Å². The standard InChI is InChI=1S/C9H19NO/c1-3-9-5-4-6-10(9)7-8(2)11/h8-9,11H,3-7H2,1-2H3. The highest BCUT2D eigenvalue weighted by Gasteiger charge is 2.22. The third-order valence-electron chi connectivity index (χ3n) is 2.47. The van der Waals surface area contributed by atoms with E-state index in [-0.39, 0.29) is 6.10 Å². The summed E-state index contributed by atoms with van der Waals surface area (Å²) in [6.07, 6.45) is 3.70. The summed E-state index contributed by atoms with van der Waals surface area (Å²) in [6, 6.07) is 0.740. The molecular formula is C9H19NO. The molecule has 0 aromatic rings. The first-order valence-corrected chi connectivity index (χ1v) is 4.66. The number of hydrogen-bond donors (Lipinski definition) is 1. The lowest BCUT2D eigenvalue weighted by atomic mass is 10.1. The number of β-amino-alcohol motifs (C(OH)–C–C–N with tert-alkyl or cyclic N) is 1. The predicted molar refractivity (Wildman–Crippen MR) is 46.6 cm³/mol. The molecule has 11 heavy (non-hydrogen) atoms. The number of nitrogens with zero attached hydrogens (tertiary/aromatic N) is 1. The highest BCUT2D eigenvalue weighted by atomic mass is 16.3. The van der Waals surface area contributed by atoms with E-state index in [1.165, 1.54) is 25.8 Å². The lowest BCUT2D eigenvalue weighted by Gasteiger charge is -2.24. The SMILES string of the molecule is CCC1CCCN1CC(C)O. The Balaban J connectivity index is 2.31. The van der Waals surface area contributed by atoms with Crippen LogP contribution in [0.15, 0.2) is 0 Å². The molecule has 0 saturated carbocycles. The Morgan fingerprint density at radius 1 is 1.64 bits per heavy atom. The fourth-order valence-corrected chi connectivity index (χ4v) is 1.94. The van der Waals surface area contributed by atoms with Gasteiger partial charge in [-0.05, 0) is 32.7 Å². The quantitative estimate of drug-likeness (QED) is 0.666. The van der Waals surface area contributed by atoms with Crippen molar-refractivity contribution in [2.24, 2.45) is 0 Å². The molecule has 0 aliphatic carbocycles. The van der Waals surface area contributed by atoms with Crippen molar-refractivity contribution in [3.05, 3.63) is 0 Å². The van der Waals surface area contributed by atoms with Crippen LogP contribution in [0, 0.1) is 0 Å². The van der Waals surface area contributed by atoms with Crippen LogP contribution in [0.2, 0.25) is 0 Å². The lowest BCUT2D eigenvalue weighted by Crippen LogP contribution is -2.34. The van der Waals surface area contributed by atoms with Crippen LogP contribution >= 0.6 is 0 Å². The van der Waals surface area contributed by atoms with Crippen molar-refractivity contribution >= 4 is 0 Å². The van der Waals surface area contributed by atoms with Gasteiger partial charge in [0, 0.05) is 12.6 Å². The highest BCUT2D eigenvalue weighted by Crippen LogP contribution is 2.19. The molecule has 2 heteroatoms. The molecule has 1 heterocycles. The Bertz CT molecular complexity index is 114. The van der Waals surface area contributed by atoms with Gasteiger partial charge in [-0.25, -0.2) is 0 Å². The van der Waals surface area contributed by atoms with E-state index in [0.717, 1.165) is 12.6 Å². The molecule has 1 N–H and O–H groups in total. The molecule has 1 saturated heterocycles. The normalized spacial score (nSPS) is 29.2. The summed E-state index contributed by atoms with van der Waals surface area (Å²) in [7, 11) is 0. The summed E-state index contributed by atoms with van der Waals surface area (Å²) >= 11 is 0. The summed E-state index contributed by atoms with van der Waals surface area (Å²) in [4.78, 5) is 2.41. The van der Waals surface area contributed by atoms with E-state index in [1.807, 2.05) is 6.92 Å². The van der Waals surface area contributed by atoms with Gasteiger partial charge in [-0.15, -0.1) is 0 Å². The van der Waals surface area contributed by atoms with E-state index in [1.54, 1.807) is 0 Å². The number of hydrogen-bond acceptors (Lipinski definition) is 2. The summed E-state index contributed by atoms with van der Waals surface area (Å²) in [5.41, 5.74) is 0. The average molecular weight is 157 g/mol. The molecule has 2 nitrogen and oxygen atoms in total. The third kappa shape index (κ3) is 2.46. The fourth-order valence-electron chi connectivity index (χ4n) is 1.94. The maximum Gasteiger partial charge on any atom is 0.0639 e. The van der Waals surface area contributed by atoms with Crippen LogP contribution in [-0.4, -0.2) is 35.2 Å². The van der Waals surface area contributed by atoms with Crippen molar-refractivity contribution in [3.8, 4) is 0 Å². The van der Waals surface area contributed by atoms with Gasteiger partial charge in [0.25, 0.3) is 0 Å². The van der Waals surface area contributed by atoms with E-state index in [9.17, 15) is 5.11 Å². The van der Waals surface area contributed by atoms with Gasteiger partial charge < -0.3 is 5.11 Å². The monoisotopic (exact) mass is 157 g/mol. The van der Waals surface area contributed by atoms with E-state index >= 15 is 0 Å². The largest absolute Gasteiger partial charge is 0.392 e. The minimum absolute atomic E-state index is 0.165. The maximum absolute atomic E-state index is 9.18. The second-order valence-corrected chi connectivity index (χ2v) is 3.55. The highest BCUT2D eigenvalue weighted by molar-refractivity contribution is 4.78. The first-order chi connectivity index (χ1) is 5.24. The minimum Gasteiger partial charge on any atom is -0.392 e. The lowest BCUT2D eigenvalue weighted by molar-refractivity contribution is 0.118. The van der Waals surface area contributed by atoms with Crippen LogP contribution < -0.4 is 0 Å². The van der Waals surface area contributed by atoms with Crippen LogP contribution in [0.25, 0.3) is 0 Å². The maximum atomic E-state index is 9.18. The molecule has 1 aliphatic rings. The summed E-state index contributed by atoms with van der Waals surface area (Å²) in [5.74, 6) is 0. The van der Waals surface area contributed by atoms with Gasteiger partial charge in [0.15, 0.2) is 0 Å². The van der Waals surface area contributed by atoms with E-state index in [0.29, 0.717) is 0 Å². The van der Waals surface area contributed by atoms with Crippen LogP contribution in [-0.2, 0) is 0 Å². The predicted octanol–water partition coefficient (Wildman–Crippen LogP) is 1.24. The first kappa shape index (κ1) is 9.01. The van der Waals surface area contributed by atoms with Crippen molar-refractivity contribution < 1.29 is 5.11 Å². The van der Waals surface area contributed by atoms with Crippen LogP contribution in [0.3, 0.4) is 0 Å². The summed E-state index contributed by atoms with van der Waals surface area (Å²) in [6.45, 7) is 6.14. The Morgan fingerprint density at radius 3 is 2.91 bits per heavy atom. The smallest absolute Gasteiger partial charge is 0.0639 e. The van der Waals surface area contributed by atoms with Gasteiger partial charge in [-0.2, -0.15) is 0 Å². The zero-order chi connectivity index (χ0) is 8.27. The molecule has 1 fully saturated rings. The Labute approximate surface area is 69.2 Å². The molecule has 0 amide bonds. The number of rotatable bonds is 3. The van der Waals surface area contributed by atoms with Crippen molar-refractivity contribution in [2.75, 3.05) is 13.1 Å². The second-order valence-electron chi connectivity index (χ2n) is 3.55. The Kier molecular flexibility index (Phi) is 3.34. The minimum atomic E-state index is -0.165. The molecule has 2 unspecified atom stereocenters. The van der Waals surface area contributed by atoms with Gasteiger partial charge in [0.1, 0.15) is 0 Å². The van der Waals surface area contributed by atoms with Crippen molar-refractivity contribution in [3.63, 3.8) is 0 Å². The average Bonchev–Trinajstić information content (AvgIpc) is 2.34. The van der Waals surface area contributed by atoms with Gasteiger partial charge in [0.2, 0.25) is 0 Å². The first-order valence-electron chi connectivity index (χ1n) is 4.66. The number of aliphatic hydroxyl groups excluding tert-OH is 1. The second kappa shape index (κ2) is 4.07. The Hall–Kier alpha value is -0.0800. The zero-order valence-corrected chi connectivity index (χ0v) is 7.58. The Morgan fingerprint density at radius 2 is 2.36 bits per heavy atom. The van der Waals surface area contributed by atoms with Gasteiger partial charge in [-0.3, -0.25) is 4.90 Å².